The summed E-state index contributed by atoms with van der Waals surface area (Å²) in [6, 6.07) is 9.15. The monoisotopic (exact) mass is 598 g/mol. The molecule has 1 aromatic heterocycles. The molecule has 1 saturated heterocycles. The van der Waals surface area contributed by atoms with Gasteiger partial charge in [-0.3, -0.25) is 14.4 Å². The fourth-order valence-corrected chi connectivity index (χ4v) is 4.34. The molecule has 3 N–H and O–H groups in total. The van der Waals surface area contributed by atoms with Crippen molar-refractivity contribution in [1.82, 2.24) is 25.1 Å². The Labute approximate surface area is 252 Å². The fraction of sp³-hybridized carbons (Fsp3) is 0.533. The molecule has 1 fully saturated rings. The van der Waals surface area contributed by atoms with E-state index in [9.17, 15) is 24.3 Å². The number of aliphatic hydroxyl groups is 1. The molecule has 0 aliphatic carbocycles. The van der Waals surface area contributed by atoms with Crippen LogP contribution >= 0.6 is 0 Å². The molecule has 13 nitrogen and oxygen atoms in total. The molecule has 2 aromatic rings. The van der Waals surface area contributed by atoms with Crippen LogP contribution in [0.25, 0.3) is 11.4 Å². The first-order valence-electron chi connectivity index (χ1n) is 14.4. The fourth-order valence-electron chi connectivity index (χ4n) is 4.34. The van der Waals surface area contributed by atoms with Gasteiger partial charge in [-0.1, -0.05) is 30.3 Å². The van der Waals surface area contributed by atoms with Crippen molar-refractivity contribution in [2.45, 2.75) is 65.1 Å². The average molecular weight is 599 g/mol. The maximum Gasteiger partial charge on any atom is 0.409 e. The highest BCUT2D eigenvalue weighted by molar-refractivity contribution is 5.97. The molecule has 2 unspecified atom stereocenters. The maximum absolute atomic E-state index is 13.7. The third-order valence-corrected chi connectivity index (χ3v) is 6.44. The number of anilines is 1. The molecule has 1 aromatic carbocycles. The van der Waals surface area contributed by atoms with Crippen molar-refractivity contribution in [3.8, 4) is 11.4 Å². The van der Waals surface area contributed by atoms with E-state index >= 15 is 0 Å². The van der Waals surface area contributed by atoms with Crippen molar-refractivity contribution in [3.05, 3.63) is 42.1 Å². The Kier molecular flexibility index (Phi) is 11.8. The molecular weight excluding hydrogens is 556 g/mol. The summed E-state index contributed by atoms with van der Waals surface area (Å²) in [7, 11) is 0. The lowest BCUT2D eigenvalue weighted by Gasteiger charge is -2.36. The number of esters is 1. The van der Waals surface area contributed by atoms with Crippen LogP contribution in [0.3, 0.4) is 0 Å². The standard InChI is InChI=1S/C30H42N6O7/c1-6-42-29(41)36-16-14-35(15-17-36)28(40)22(12-13-25(38)43-30(3,4)5)33-27(39)23-18-24(31-20(2)19-37)34-26(32-23)21-10-8-7-9-11-21/h7-11,18,20,22,37H,6,12-17,19H2,1-5H3,(H,33,39)(H,31,32,34). The first kappa shape index (κ1) is 33.2. The van der Waals surface area contributed by atoms with E-state index in [0.29, 0.717) is 11.4 Å². The van der Waals surface area contributed by atoms with Crippen molar-refractivity contribution in [3.63, 3.8) is 0 Å². The summed E-state index contributed by atoms with van der Waals surface area (Å²) in [4.78, 5) is 63.9. The number of ether oxygens (including phenoxy) is 2. The number of nitrogens with zero attached hydrogens (tertiary/aromatic N) is 4. The number of aromatic nitrogens is 2. The van der Waals surface area contributed by atoms with Gasteiger partial charge in [0.15, 0.2) is 5.82 Å². The van der Waals surface area contributed by atoms with E-state index in [4.69, 9.17) is 9.47 Å². The predicted molar refractivity (Wildman–Crippen MR) is 159 cm³/mol. The zero-order valence-electron chi connectivity index (χ0n) is 25.5. The predicted octanol–water partition coefficient (Wildman–Crippen LogP) is 2.46. The number of carbonyl (C=O) groups excluding carboxylic acids is 4. The Bertz CT molecular complexity index is 1260. The third kappa shape index (κ3) is 10.2. The molecular formula is C30H42N6O7. The van der Waals surface area contributed by atoms with Gasteiger partial charge in [0.1, 0.15) is 23.2 Å². The topological polar surface area (TPSA) is 163 Å². The minimum atomic E-state index is -1.06. The van der Waals surface area contributed by atoms with Crippen molar-refractivity contribution in [1.29, 1.82) is 0 Å². The molecule has 43 heavy (non-hydrogen) atoms. The summed E-state index contributed by atoms with van der Waals surface area (Å²) < 4.78 is 10.5. The Morgan fingerprint density at radius 3 is 2.28 bits per heavy atom. The number of nitrogens with one attached hydrogen (secondary N) is 2. The molecule has 234 valence electrons. The Hall–Kier alpha value is -4.26. The number of hydrogen-bond acceptors (Lipinski definition) is 10. The number of aliphatic hydroxyl groups excluding tert-OH is 1. The Balaban J connectivity index is 1.84. The van der Waals surface area contributed by atoms with Crippen molar-refractivity contribution >= 4 is 29.7 Å². The lowest BCUT2D eigenvalue weighted by atomic mass is 10.1. The van der Waals surface area contributed by atoms with E-state index in [2.05, 4.69) is 20.6 Å². The summed E-state index contributed by atoms with van der Waals surface area (Å²) in [5.74, 6) is -0.901. The Morgan fingerprint density at radius 1 is 1.02 bits per heavy atom. The first-order valence-corrected chi connectivity index (χ1v) is 14.4. The summed E-state index contributed by atoms with van der Waals surface area (Å²) >= 11 is 0. The second-order valence-electron chi connectivity index (χ2n) is 11.2. The second-order valence-corrected chi connectivity index (χ2v) is 11.2. The third-order valence-electron chi connectivity index (χ3n) is 6.44. The molecule has 3 rings (SSSR count). The van der Waals surface area contributed by atoms with Crippen LogP contribution in [-0.4, -0.2) is 106 Å². The number of rotatable bonds is 11. The number of benzene rings is 1. The van der Waals surface area contributed by atoms with Crippen LogP contribution in [-0.2, 0) is 19.1 Å². The van der Waals surface area contributed by atoms with Gasteiger partial charge >= 0.3 is 12.1 Å². The highest BCUT2D eigenvalue weighted by atomic mass is 16.6. The van der Waals surface area contributed by atoms with Crippen LogP contribution < -0.4 is 10.6 Å². The molecule has 0 radical (unpaired) electrons. The summed E-state index contributed by atoms with van der Waals surface area (Å²) in [6.07, 6.45) is -0.542. The Morgan fingerprint density at radius 2 is 1.67 bits per heavy atom. The molecule has 3 amide bonds. The van der Waals surface area contributed by atoms with Crippen LogP contribution in [0.15, 0.2) is 36.4 Å². The van der Waals surface area contributed by atoms with Crippen LogP contribution in [0, 0.1) is 0 Å². The zero-order chi connectivity index (χ0) is 31.6. The van der Waals surface area contributed by atoms with Gasteiger partial charge in [0.2, 0.25) is 5.91 Å². The number of amides is 3. The van der Waals surface area contributed by atoms with Gasteiger partial charge in [0.05, 0.1) is 13.2 Å². The average Bonchev–Trinajstić information content (AvgIpc) is 2.98. The van der Waals surface area contributed by atoms with E-state index < -0.39 is 29.6 Å². The van der Waals surface area contributed by atoms with Crippen molar-refractivity contribution in [2.24, 2.45) is 0 Å². The van der Waals surface area contributed by atoms with Crippen LogP contribution in [0.1, 0.15) is 57.9 Å². The van der Waals surface area contributed by atoms with E-state index in [1.54, 1.807) is 51.7 Å². The van der Waals surface area contributed by atoms with E-state index in [1.165, 1.54) is 11.0 Å². The lowest BCUT2D eigenvalue weighted by molar-refractivity contribution is -0.155. The van der Waals surface area contributed by atoms with Crippen LogP contribution in [0.4, 0.5) is 10.6 Å². The number of carbonyl (C=O) groups is 4. The minimum absolute atomic E-state index is 0.000850. The molecule has 1 aliphatic heterocycles. The van der Waals surface area contributed by atoms with E-state index in [0.717, 1.165) is 0 Å². The molecule has 0 bridgehead atoms. The van der Waals surface area contributed by atoms with Gasteiger partial charge in [-0.05, 0) is 41.0 Å². The molecule has 2 atom stereocenters. The molecule has 2 heterocycles. The normalized spacial score (nSPS) is 14.8. The largest absolute Gasteiger partial charge is 0.460 e. The number of piperazine rings is 1. The highest BCUT2D eigenvalue weighted by Crippen LogP contribution is 2.19. The van der Waals surface area contributed by atoms with E-state index in [-0.39, 0.29) is 75.7 Å². The smallest absolute Gasteiger partial charge is 0.409 e. The SMILES string of the molecule is CCOC(=O)N1CCN(C(=O)C(CCC(=O)OC(C)(C)C)NC(=O)c2cc(NC(C)CO)nc(-c3ccccc3)n2)CC1. The van der Waals surface area contributed by atoms with Gasteiger partial charge < -0.3 is 35.0 Å². The maximum atomic E-state index is 13.7. The van der Waals surface area contributed by atoms with Gasteiger partial charge in [0, 0.05) is 50.3 Å². The summed E-state index contributed by atoms with van der Waals surface area (Å²) in [6.45, 7) is 9.88. The lowest BCUT2D eigenvalue weighted by Crippen LogP contribution is -2.56. The molecule has 0 saturated carbocycles. The minimum Gasteiger partial charge on any atom is -0.460 e. The summed E-state index contributed by atoms with van der Waals surface area (Å²) in [5, 5.41) is 15.3. The van der Waals surface area contributed by atoms with Gasteiger partial charge in [-0.25, -0.2) is 14.8 Å². The van der Waals surface area contributed by atoms with Crippen LogP contribution in [0.2, 0.25) is 0 Å². The van der Waals surface area contributed by atoms with E-state index in [1.807, 2.05) is 18.2 Å². The molecule has 13 heteroatoms. The summed E-state index contributed by atoms with van der Waals surface area (Å²) in [5.41, 5.74) is -0.0229. The van der Waals surface area contributed by atoms with Gasteiger partial charge in [0.25, 0.3) is 5.91 Å². The molecule has 0 spiro atoms. The van der Waals surface area contributed by atoms with Crippen molar-refractivity contribution < 1.29 is 33.8 Å². The van der Waals surface area contributed by atoms with Crippen LogP contribution in [0.5, 0.6) is 0 Å². The number of hydrogen-bond donors (Lipinski definition) is 3. The van der Waals surface area contributed by atoms with Crippen molar-refractivity contribution in [2.75, 3.05) is 44.7 Å². The quantitative estimate of drug-likeness (QED) is 0.328. The van der Waals surface area contributed by atoms with Gasteiger partial charge in [-0.2, -0.15) is 0 Å². The zero-order valence-corrected chi connectivity index (χ0v) is 25.5. The first-order chi connectivity index (χ1) is 20.4. The molecule has 1 aliphatic rings. The highest BCUT2D eigenvalue weighted by Gasteiger charge is 2.32. The second kappa shape index (κ2) is 15.3. The van der Waals surface area contributed by atoms with Gasteiger partial charge in [-0.15, -0.1) is 0 Å².